The van der Waals surface area contributed by atoms with Crippen molar-refractivity contribution in [3.05, 3.63) is 46.2 Å². The lowest BCUT2D eigenvalue weighted by atomic mass is 9.54. The van der Waals surface area contributed by atoms with Crippen molar-refractivity contribution in [3.63, 3.8) is 0 Å². The quantitative estimate of drug-likeness (QED) is 0.216. The molecule has 182 valence electrons. The highest BCUT2D eigenvalue weighted by molar-refractivity contribution is 6.25. The van der Waals surface area contributed by atoms with E-state index >= 15 is 0 Å². The summed E-state index contributed by atoms with van der Waals surface area (Å²) in [6.45, 7) is 0.531. The van der Waals surface area contributed by atoms with E-state index in [4.69, 9.17) is 5.11 Å². The van der Waals surface area contributed by atoms with Gasteiger partial charge in [-0.3, -0.25) is 19.3 Å². The lowest BCUT2D eigenvalue weighted by Crippen LogP contribution is -2.67. The number of hydrogen-bond donors (Lipinski definition) is 7. The average molecular weight is 474 g/mol. The van der Waals surface area contributed by atoms with Crippen LogP contribution in [0.15, 0.2) is 35.1 Å². The number of aliphatic hydroxyl groups excluding tert-OH is 3. The first kappa shape index (κ1) is 23.9. The summed E-state index contributed by atoms with van der Waals surface area (Å²) in [6, 6.07) is 2.95. The summed E-state index contributed by atoms with van der Waals surface area (Å²) in [5, 5.41) is 66.4. The fourth-order valence-electron chi connectivity index (χ4n) is 5.64. The highest BCUT2D eigenvalue weighted by Gasteiger charge is 2.66. The van der Waals surface area contributed by atoms with Gasteiger partial charge in [-0.15, -0.1) is 0 Å². The SMILES string of the molecule is CN(C)C1C(=O)C(C(=O)NCO)=C(O)C2(O)C(=O)C3=C(O)c4c(O)cccc4C(C)(O)C3CC12. The van der Waals surface area contributed by atoms with Crippen molar-refractivity contribution >= 4 is 23.2 Å². The molecule has 34 heavy (non-hydrogen) atoms. The maximum atomic E-state index is 13.8. The highest BCUT2D eigenvalue weighted by atomic mass is 16.3. The first-order valence-electron chi connectivity index (χ1n) is 10.6. The molecule has 1 aromatic carbocycles. The molecule has 1 aromatic rings. The summed E-state index contributed by atoms with van der Waals surface area (Å²) >= 11 is 0. The van der Waals surface area contributed by atoms with Crippen LogP contribution in [0.1, 0.15) is 24.5 Å². The molecule has 0 bridgehead atoms. The van der Waals surface area contributed by atoms with Crippen molar-refractivity contribution in [2.75, 3.05) is 20.8 Å². The third-order valence-corrected chi connectivity index (χ3v) is 7.24. The van der Waals surface area contributed by atoms with Gasteiger partial charge in [-0.25, -0.2) is 0 Å². The lowest BCUT2D eigenvalue weighted by Gasteiger charge is -2.53. The molecule has 1 saturated carbocycles. The van der Waals surface area contributed by atoms with Crippen LogP contribution in [0.4, 0.5) is 0 Å². The van der Waals surface area contributed by atoms with Gasteiger partial charge in [0.05, 0.1) is 17.2 Å². The fraction of sp³-hybridized carbons (Fsp3) is 0.435. The summed E-state index contributed by atoms with van der Waals surface area (Å²) in [5.41, 5.74) is -5.93. The molecule has 0 radical (unpaired) electrons. The number of carbonyl (C=O) groups excluding carboxylic acids is 3. The van der Waals surface area contributed by atoms with Crippen LogP contribution in [0.3, 0.4) is 0 Å². The smallest absolute Gasteiger partial charge is 0.260 e. The summed E-state index contributed by atoms with van der Waals surface area (Å²) in [5.74, 6) is -7.93. The van der Waals surface area contributed by atoms with Crippen LogP contribution in [0.5, 0.6) is 5.75 Å². The van der Waals surface area contributed by atoms with Gasteiger partial charge in [0.2, 0.25) is 5.78 Å². The molecule has 0 saturated heterocycles. The van der Waals surface area contributed by atoms with E-state index < -0.39 is 81.7 Å². The maximum absolute atomic E-state index is 13.8. The van der Waals surface area contributed by atoms with Gasteiger partial charge in [-0.2, -0.15) is 0 Å². The number of hydrogen-bond acceptors (Lipinski definition) is 10. The average Bonchev–Trinajstić information content (AvgIpc) is 2.74. The molecule has 11 nitrogen and oxygen atoms in total. The van der Waals surface area contributed by atoms with Gasteiger partial charge >= 0.3 is 0 Å². The predicted octanol–water partition coefficient (Wildman–Crippen LogP) is -0.790. The van der Waals surface area contributed by atoms with E-state index in [0.717, 1.165) is 0 Å². The largest absolute Gasteiger partial charge is 0.508 e. The summed E-state index contributed by atoms with van der Waals surface area (Å²) in [4.78, 5) is 40.9. The minimum Gasteiger partial charge on any atom is -0.508 e. The zero-order valence-electron chi connectivity index (χ0n) is 18.7. The Morgan fingerprint density at radius 3 is 2.41 bits per heavy atom. The Labute approximate surface area is 194 Å². The molecule has 0 aromatic heterocycles. The second kappa shape index (κ2) is 7.64. The number of benzene rings is 1. The van der Waals surface area contributed by atoms with Gasteiger partial charge in [0, 0.05) is 17.4 Å². The van der Waals surface area contributed by atoms with Crippen molar-refractivity contribution in [1.82, 2.24) is 10.2 Å². The Hall–Kier alpha value is -3.25. The van der Waals surface area contributed by atoms with Gasteiger partial charge in [0.25, 0.3) is 5.91 Å². The van der Waals surface area contributed by atoms with Crippen molar-refractivity contribution in [3.8, 4) is 5.75 Å². The van der Waals surface area contributed by atoms with Gasteiger partial charge in [0.15, 0.2) is 11.4 Å². The van der Waals surface area contributed by atoms with E-state index in [1.165, 1.54) is 44.1 Å². The molecule has 0 spiro atoms. The lowest BCUT2D eigenvalue weighted by molar-refractivity contribution is -0.159. The number of rotatable bonds is 3. The number of nitrogens with one attached hydrogen (secondary N) is 1. The molecule has 1 fully saturated rings. The molecule has 4 rings (SSSR count). The topological polar surface area (TPSA) is 188 Å². The van der Waals surface area contributed by atoms with Crippen molar-refractivity contribution < 1.29 is 45.0 Å². The van der Waals surface area contributed by atoms with Crippen molar-refractivity contribution in [2.45, 2.75) is 30.6 Å². The summed E-state index contributed by atoms with van der Waals surface area (Å²) in [6.07, 6.45) is -0.225. The first-order chi connectivity index (χ1) is 15.8. The van der Waals surface area contributed by atoms with Gasteiger partial charge in [-0.1, -0.05) is 12.1 Å². The van der Waals surface area contributed by atoms with E-state index in [2.05, 4.69) is 0 Å². The van der Waals surface area contributed by atoms with Crippen LogP contribution in [0.25, 0.3) is 5.76 Å². The van der Waals surface area contributed by atoms with Gasteiger partial charge in [0.1, 0.15) is 29.6 Å². The minimum atomic E-state index is -2.79. The Kier molecular flexibility index (Phi) is 5.37. The third-order valence-electron chi connectivity index (χ3n) is 7.24. The standard InChI is InChI=1S/C23H26N2O9/c1-22(33)9-5-4-6-12(27)13(9)17(28)14-10(22)7-11-16(25(2)3)18(29)15(21(32)24-8-26)20(31)23(11,34)19(14)30/h4-6,10-11,16,26-28,31,33-34H,7-8H2,1-3H3,(H,24,32). The Morgan fingerprint density at radius 2 is 1.82 bits per heavy atom. The molecule has 0 aliphatic heterocycles. The number of phenols is 1. The van der Waals surface area contributed by atoms with Crippen LogP contribution in [0.2, 0.25) is 0 Å². The number of Topliss-reactive ketones (excluding diaryl/α,β-unsaturated/α-hetero) is 2. The second-order valence-electron chi connectivity index (χ2n) is 9.26. The van der Waals surface area contributed by atoms with Gasteiger partial charge < -0.3 is 36.0 Å². The molecule has 5 atom stereocenters. The van der Waals surface area contributed by atoms with Crippen LogP contribution in [0, 0.1) is 11.8 Å². The van der Waals surface area contributed by atoms with E-state index in [1.54, 1.807) is 0 Å². The molecule has 0 heterocycles. The van der Waals surface area contributed by atoms with E-state index in [-0.39, 0.29) is 17.5 Å². The molecule has 7 N–H and O–H groups in total. The Balaban J connectivity index is 2.02. The number of aliphatic hydroxyl groups is 5. The molecular weight excluding hydrogens is 448 g/mol. The minimum absolute atomic E-state index is 0.156. The number of nitrogens with zero attached hydrogens (tertiary/aromatic N) is 1. The Bertz CT molecular complexity index is 1180. The number of fused-ring (bicyclic) bond motifs is 3. The summed E-state index contributed by atoms with van der Waals surface area (Å²) in [7, 11) is 2.99. The molecule has 11 heteroatoms. The highest BCUT2D eigenvalue weighted by Crippen LogP contribution is 2.57. The zero-order chi connectivity index (χ0) is 25.3. The monoisotopic (exact) mass is 474 g/mol. The van der Waals surface area contributed by atoms with Crippen LogP contribution in [-0.4, -0.2) is 85.5 Å². The number of ketones is 2. The molecule has 3 aliphatic carbocycles. The maximum Gasteiger partial charge on any atom is 0.260 e. The van der Waals surface area contributed by atoms with E-state index in [9.17, 15) is 39.9 Å². The number of aromatic hydroxyl groups is 1. The zero-order valence-corrected chi connectivity index (χ0v) is 18.7. The number of phenolic OH excluding ortho intramolecular Hbond substituents is 1. The van der Waals surface area contributed by atoms with Gasteiger partial charge in [-0.05, 0) is 39.1 Å². The van der Waals surface area contributed by atoms with E-state index in [0.29, 0.717) is 0 Å². The normalized spacial score (nSPS) is 33.0. The number of likely N-dealkylation sites (N-methyl/N-ethyl adjacent to an activating group) is 1. The fourth-order valence-corrected chi connectivity index (χ4v) is 5.64. The Morgan fingerprint density at radius 1 is 1.18 bits per heavy atom. The molecule has 1 amide bonds. The van der Waals surface area contributed by atoms with Crippen LogP contribution < -0.4 is 5.32 Å². The van der Waals surface area contributed by atoms with Crippen LogP contribution in [-0.2, 0) is 20.0 Å². The molecule has 3 aliphatic rings. The van der Waals surface area contributed by atoms with E-state index in [1.807, 2.05) is 5.32 Å². The predicted molar refractivity (Wildman–Crippen MR) is 116 cm³/mol. The van der Waals surface area contributed by atoms with Crippen molar-refractivity contribution in [2.24, 2.45) is 11.8 Å². The second-order valence-corrected chi connectivity index (χ2v) is 9.26. The molecule has 5 unspecified atom stereocenters. The first-order valence-corrected chi connectivity index (χ1v) is 10.6. The van der Waals surface area contributed by atoms with Crippen LogP contribution >= 0.6 is 0 Å². The number of amides is 1. The number of carbonyl (C=O) groups is 3. The third kappa shape index (κ3) is 2.88. The van der Waals surface area contributed by atoms with Crippen molar-refractivity contribution in [1.29, 1.82) is 0 Å². The molecular formula is C23H26N2O9. The summed E-state index contributed by atoms with van der Waals surface area (Å²) < 4.78 is 0.